The van der Waals surface area contributed by atoms with Crippen LogP contribution in [0.1, 0.15) is 23.1 Å². The number of aromatic nitrogens is 2. The maximum atomic E-state index is 11.8. The van der Waals surface area contributed by atoms with Crippen LogP contribution in [0, 0.1) is 18.3 Å². The molecule has 3 aromatic rings. The second-order valence-electron chi connectivity index (χ2n) is 7.05. The molecule has 0 fully saturated rings. The lowest BCUT2D eigenvalue weighted by molar-refractivity contribution is -0.129. The van der Waals surface area contributed by atoms with Crippen LogP contribution in [0.2, 0.25) is 0 Å². The highest BCUT2D eigenvalue weighted by molar-refractivity contribution is 5.91. The molecule has 7 nitrogen and oxygen atoms in total. The zero-order valence-corrected chi connectivity index (χ0v) is 16.2. The zero-order valence-electron chi connectivity index (χ0n) is 16.2. The molecule has 1 aliphatic rings. The summed E-state index contributed by atoms with van der Waals surface area (Å²) in [5.41, 5.74) is 11.8. The molecule has 0 atom stereocenters. The molecule has 4 rings (SSSR count). The van der Waals surface area contributed by atoms with E-state index in [0.29, 0.717) is 25.1 Å². The normalized spacial score (nSPS) is 13.8. The number of nitriles is 1. The Morgan fingerprint density at radius 3 is 2.97 bits per heavy atom. The molecule has 3 heterocycles. The van der Waals surface area contributed by atoms with Crippen LogP contribution in [0.3, 0.4) is 0 Å². The molecular weight excluding hydrogens is 364 g/mol. The topological polar surface area (TPSA) is 111 Å². The summed E-state index contributed by atoms with van der Waals surface area (Å²) in [6.45, 7) is 3.19. The number of benzene rings is 1. The smallest absolute Gasteiger partial charge is 0.236 e. The Morgan fingerprint density at radius 1 is 1.38 bits per heavy atom. The molecule has 1 aliphatic heterocycles. The first-order valence-corrected chi connectivity index (χ1v) is 9.51. The van der Waals surface area contributed by atoms with E-state index in [1.165, 1.54) is 0 Å². The molecule has 0 saturated carbocycles. The van der Waals surface area contributed by atoms with Crippen LogP contribution in [0.25, 0.3) is 16.5 Å². The summed E-state index contributed by atoms with van der Waals surface area (Å²) in [4.78, 5) is 21.1. The SMILES string of the molecule is Cc1c(Nc2c(C#N)cncc2C2=CCN(C(=O)CN)CC2)ccc2[nH]ccc12. The number of nitrogens with zero attached hydrogens (tertiary/aromatic N) is 3. The van der Waals surface area contributed by atoms with Crippen LogP contribution in [-0.4, -0.2) is 40.4 Å². The van der Waals surface area contributed by atoms with Crippen LogP contribution in [0.15, 0.2) is 42.9 Å². The van der Waals surface area contributed by atoms with Gasteiger partial charge in [0, 0.05) is 53.8 Å². The number of hydrogen-bond donors (Lipinski definition) is 3. The number of pyridine rings is 1. The monoisotopic (exact) mass is 386 g/mol. The summed E-state index contributed by atoms with van der Waals surface area (Å²) in [5.74, 6) is -0.0574. The maximum Gasteiger partial charge on any atom is 0.236 e. The Balaban J connectivity index is 1.72. The van der Waals surface area contributed by atoms with Gasteiger partial charge in [0.1, 0.15) is 6.07 Å². The third kappa shape index (κ3) is 3.46. The largest absolute Gasteiger partial charge is 0.361 e. The minimum absolute atomic E-state index is 0.0162. The Morgan fingerprint density at radius 2 is 2.24 bits per heavy atom. The minimum atomic E-state index is -0.0574. The van der Waals surface area contributed by atoms with Gasteiger partial charge >= 0.3 is 0 Å². The molecule has 0 bridgehead atoms. The van der Waals surface area contributed by atoms with Crippen molar-refractivity contribution in [1.29, 1.82) is 5.26 Å². The van der Waals surface area contributed by atoms with Gasteiger partial charge in [-0.25, -0.2) is 0 Å². The molecule has 0 radical (unpaired) electrons. The van der Waals surface area contributed by atoms with Crippen molar-refractivity contribution in [2.45, 2.75) is 13.3 Å². The maximum absolute atomic E-state index is 11.8. The molecule has 146 valence electrons. The summed E-state index contributed by atoms with van der Waals surface area (Å²) in [6.07, 6.45) is 7.97. The summed E-state index contributed by atoms with van der Waals surface area (Å²) < 4.78 is 0. The van der Waals surface area contributed by atoms with Gasteiger partial charge < -0.3 is 20.9 Å². The number of H-pyrrole nitrogens is 1. The summed E-state index contributed by atoms with van der Waals surface area (Å²) >= 11 is 0. The second-order valence-corrected chi connectivity index (χ2v) is 7.05. The van der Waals surface area contributed by atoms with Crippen molar-refractivity contribution in [3.63, 3.8) is 0 Å². The summed E-state index contributed by atoms with van der Waals surface area (Å²) in [6, 6.07) is 8.32. The highest BCUT2D eigenvalue weighted by Crippen LogP contribution is 2.34. The third-order valence-electron chi connectivity index (χ3n) is 5.41. The summed E-state index contributed by atoms with van der Waals surface area (Å²) in [5, 5.41) is 14.3. The van der Waals surface area contributed by atoms with E-state index < -0.39 is 0 Å². The fraction of sp³-hybridized carbons (Fsp3) is 0.227. The molecule has 1 amide bonds. The van der Waals surface area contributed by atoms with Crippen LogP contribution < -0.4 is 11.1 Å². The predicted octanol–water partition coefficient (Wildman–Crippen LogP) is 3.06. The number of anilines is 2. The second kappa shape index (κ2) is 7.78. The lowest BCUT2D eigenvalue weighted by Gasteiger charge is -2.27. The number of rotatable bonds is 4. The molecule has 0 aliphatic carbocycles. The van der Waals surface area contributed by atoms with E-state index in [0.717, 1.165) is 39.0 Å². The number of hydrogen-bond acceptors (Lipinski definition) is 5. The van der Waals surface area contributed by atoms with Crippen LogP contribution in [0.4, 0.5) is 11.4 Å². The molecule has 0 saturated heterocycles. The molecule has 1 aromatic carbocycles. The van der Waals surface area contributed by atoms with E-state index in [9.17, 15) is 10.1 Å². The number of carbonyl (C=O) groups excluding carboxylic acids is 1. The lowest BCUT2D eigenvalue weighted by Crippen LogP contribution is -2.38. The Hall–Kier alpha value is -3.63. The Bertz CT molecular complexity index is 1150. The fourth-order valence-electron chi connectivity index (χ4n) is 3.75. The average Bonchev–Trinajstić information content (AvgIpc) is 3.25. The van der Waals surface area contributed by atoms with E-state index in [1.54, 1.807) is 17.3 Å². The van der Waals surface area contributed by atoms with Gasteiger partial charge in [-0.15, -0.1) is 0 Å². The number of amides is 1. The van der Waals surface area contributed by atoms with Gasteiger partial charge in [0.05, 0.1) is 17.8 Å². The number of nitrogens with two attached hydrogens (primary N) is 1. The van der Waals surface area contributed by atoms with Crippen LogP contribution >= 0.6 is 0 Å². The van der Waals surface area contributed by atoms with Crippen molar-refractivity contribution in [3.8, 4) is 6.07 Å². The third-order valence-corrected chi connectivity index (χ3v) is 5.41. The molecule has 4 N–H and O–H groups in total. The van der Waals surface area contributed by atoms with Crippen LogP contribution in [-0.2, 0) is 4.79 Å². The molecular formula is C22H22N6O. The number of nitrogens with one attached hydrogen (secondary N) is 2. The minimum Gasteiger partial charge on any atom is -0.361 e. The van der Waals surface area contributed by atoms with Gasteiger partial charge in [-0.3, -0.25) is 9.78 Å². The van der Waals surface area contributed by atoms with E-state index in [4.69, 9.17) is 5.73 Å². The van der Waals surface area contributed by atoms with E-state index >= 15 is 0 Å². The number of aryl methyl sites for hydroxylation is 1. The lowest BCUT2D eigenvalue weighted by atomic mass is 9.97. The fourth-order valence-corrected chi connectivity index (χ4v) is 3.75. The average molecular weight is 386 g/mol. The van der Waals surface area contributed by atoms with Gasteiger partial charge in [0.25, 0.3) is 0 Å². The first-order chi connectivity index (χ1) is 14.1. The molecule has 0 spiro atoms. The van der Waals surface area contributed by atoms with Gasteiger partial charge in [-0.2, -0.15) is 5.26 Å². The first kappa shape index (κ1) is 18.7. The molecule has 7 heteroatoms. The quantitative estimate of drug-likeness (QED) is 0.638. The van der Waals surface area contributed by atoms with E-state index in [-0.39, 0.29) is 12.5 Å². The Kier molecular flexibility index (Phi) is 5.02. The summed E-state index contributed by atoms with van der Waals surface area (Å²) in [7, 11) is 0. The van der Waals surface area contributed by atoms with Gasteiger partial charge in [0.15, 0.2) is 0 Å². The Labute approximate surface area is 168 Å². The van der Waals surface area contributed by atoms with Gasteiger partial charge in [-0.05, 0) is 42.7 Å². The van der Waals surface area contributed by atoms with Crippen LogP contribution in [0.5, 0.6) is 0 Å². The molecule has 29 heavy (non-hydrogen) atoms. The van der Waals surface area contributed by atoms with Crippen molar-refractivity contribution in [1.82, 2.24) is 14.9 Å². The van der Waals surface area contributed by atoms with Gasteiger partial charge in [-0.1, -0.05) is 6.08 Å². The van der Waals surface area contributed by atoms with Crippen molar-refractivity contribution >= 4 is 33.8 Å². The van der Waals surface area contributed by atoms with Crippen molar-refractivity contribution in [3.05, 3.63) is 59.6 Å². The highest BCUT2D eigenvalue weighted by Gasteiger charge is 2.20. The number of fused-ring (bicyclic) bond motifs is 1. The first-order valence-electron chi connectivity index (χ1n) is 9.51. The molecule has 2 aromatic heterocycles. The van der Waals surface area contributed by atoms with Crippen molar-refractivity contribution in [2.75, 3.05) is 25.0 Å². The number of carbonyl (C=O) groups is 1. The zero-order chi connectivity index (χ0) is 20.4. The van der Waals surface area contributed by atoms with E-state index in [1.807, 2.05) is 30.5 Å². The molecule has 0 unspecified atom stereocenters. The predicted molar refractivity (Wildman–Crippen MR) is 113 cm³/mol. The number of aromatic amines is 1. The highest BCUT2D eigenvalue weighted by atomic mass is 16.2. The van der Waals surface area contributed by atoms with Gasteiger partial charge in [0.2, 0.25) is 5.91 Å². The standard InChI is InChI=1S/C22H22N6O/c1-14-17-4-7-26-20(17)3-2-19(14)27-22-16(10-23)12-25-13-18(22)15-5-8-28(9-6-15)21(29)11-24/h2-5,7,12-13,26H,6,8-9,11,24H2,1H3,(H,25,27). The van der Waals surface area contributed by atoms with Crippen molar-refractivity contribution in [2.24, 2.45) is 5.73 Å². The van der Waals surface area contributed by atoms with E-state index in [2.05, 4.69) is 28.3 Å². The van der Waals surface area contributed by atoms with Crippen molar-refractivity contribution < 1.29 is 4.79 Å².